The van der Waals surface area contributed by atoms with E-state index in [-0.39, 0.29) is 10.7 Å². The third-order valence-corrected chi connectivity index (χ3v) is 2.81. The van der Waals surface area contributed by atoms with Gasteiger partial charge in [0.05, 0.1) is 0 Å². The quantitative estimate of drug-likeness (QED) is 0.573. The van der Waals surface area contributed by atoms with E-state index in [0.29, 0.717) is 0 Å². The maximum Gasteiger partial charge on any atom is 0.352 e. The lowest BCUT2D eigenvalue weighted by atomic mass is 10.8. The summed E-state index contributed by atoms with van der Waals surface area (Å²) < 4.78 is 24.5. The number of rotatable bonds is 1. The second-order valence-corrected chi connectivity index (χ2v) is 4.94. The minimum atomic E-state index is -3.50. The largest absolute Gasteiger partial charge is 0.352 e. The molecule has 0 fully saturated rings. The van der Waals surface area contributed by atoms with E-state index in [2.05, 4.69) is 15.3 Å². The van der Waals surface area contributed by atoms with Crippen LogP contribution >= 0.6 is 0 Å². The molecule has 2 rings (SSSR count). The molecule has 0 radical (unpaired) electrons. The van der Waals surface area contributed by atoms with Gasteiger partial charge in [0.25, 0.3) is 0 Å². The summed E-state index contributed by atoms with van der Waals surface area (Å²) in [6.07, 6.45) is 2.11. The third kappa shape index (κ3) is 1.40. The number of aromatic nitrogens is 5. The summed E-state index contributed by atoms with van der Waals surface area (Å²) >= 11 is 0. The van der Waals surface area contributed by atoms with E-state index in [0.717, 1.165) is 21.7 Å². The molecule has 0 amide bonds. The summed E-state index contributed by atoms with van der Waals surface area (Å²) in [5.41, 5.74) is -0.553. The molecule has 2 heterocycles. The first-order chi connectivity index (χ1) is 6.91. The van der Waals surface area contributed by atoms with Crippen LogP contribution in [0, 0.1) is 0 Å². The summed E-state index contributed by atoms with van der Waals surface area (Å²) in [7, 11) is -2.09. The highest BCUT2D eigenvalue weighted by atomic mass is 32.2. The molecule has 0 saturated carbocycles. The predicted octanol–water partition coefficient (Wildman–Crippen LogP) is -1.77. The maximum absolute atomic E-state index is 11.5. The van der Waals surface area contributed by atoms with Gasteiger partial charge in [-0.25, -0.2) is 22.6 Å². The maximum atomic E-state index is 11.5. The van der Waals surface area contributed by atoms with Crippen LogP contribution in [-0.4, -0.2) is 39.1 Å². The first-order valence-electron chi connectivity index (χ1n) is 3.88. The monoisotopic (exact) mass is 229 g/mol. The molecule has 0 unspecified atom stereocenters. The lowest BCUT2D eigenvalue weighted by Crippen LogP contribution is -2.27. The highest BCUT2D eigenvalue weighted by Crippen LogP contribution is 2.09. The number of nitrogens with zero attached hydrogens (tertiary/aromatic N) is 5. The van der Waals surface area contributed by atoms with Crippen LogP contribution in [0.1, 0.15) is 0 Å². The van der Waals surface area contributed by atoms with Crippen LogP contribution in [0.4, 0.5) is 0 Å². The van der Waals surface area contributed by atoms with Gasteiger partial charge in [-0.05, 0) is 0 Å². The minimum Gasteiger partial charge on any atom is -0.245 e. The van der Waals surface area contributed by atoms with Crippen LogP contribution in [0.5, 0.6) is 0 Å². The molecule has 2 aromatic rings. The van der Waals surface area contributed by atoms with Crippen LogP contribution in [0.2, 0.25) is 0 Å². The van der Waals surface area contributed by atoms with Gasteiger partial charge < -0.3 is 0 Å². The highest BCUT2D eigenvalue weighted by molar-refractivity contribution is 7.90. The van der Waals surface area contributed by atoms with Gasteiger partial charge in [0.15, 0.2) is 9.84 Å². The molecule has 0 aromatic carbocycles. The molecule has 0 aliphatic carbocycles. The Kier molecular flexibility index (Phi) is 1.86. The second-order valence-electron chi connectivity index (χ2n) is 3.01. The normalized spacial score (nSPS) is 12.1. The van der Waals surface area contributed by atoms with Crippen molar-refractivity contribution in [1.82, 2.24) is 24.4 Å². The molecular weight excluding hydrogens is 222 g/mol. The van der Waals surface area contributed by atoms with Gasteiger partial charge in [0, 0.05) is 13.3 Å². The molecular formula is C6H7N5O3S. The topological polar surface area (TPSA) is 99.2 Å². The first kappa shape index (κ1) is 9.77. The van der Waals surface area contributed by atoms with Crippen LogP contribution in [0.25, 0.3) is 5.65 Å². The number of aryl methyl sites for hydroxylation is 1. The molecule has 8 nitrogen and oxygen atoms in total. The SMILES string of the molecule is Cn1nnc2c(S(C)(=O)=O)ncn2c1=O. The fourth-order valence-corrected chi connectivity index (χ4v) is 1.83. The number of imidazole rings is 1. The van der Waals surface area contributed by atoms with Crippen LogP contribution in [-0.2, 0) is 16.9 Å². The molecule has 2 aromatic heterocycles. The van der Waals surface area contributed by atoms with Gasteiger partial charge in [-0.1, -0.05) is 5.21 Å². The Morgan fingerprint density at radius 2 is 2.07 bits per heavy atom. The van der Waals surface area contributed by atoms with Gasteiger partial charge in [0.2, 0.25) is 10.7 Å². The van der Waals surface area contributed by atoms with Crippen molar-refractivity contribution in [3.05, 3.63) is 16.8 Å². The first-order valence-corrected chi connectivity index (χ1v) is 5.77. The predicted molar refractivity (Wildman–Crippen MR) is 49.1 cm³/mol. The zero-order chi connectivity index (χ0) is 11.2. The van der Waals surface area contributed by atoms with Gasteiger partial charge in [-0.2, -0.15) is 4.68 Å². The van der Waals surface area contributed by atoms with Crippen molar-refractivity contribution in [3.63, 3.8) is 0 Å². The Labute approximate surface area is 84.1 Å². The van der Waals surface area contributed by atoms with Gasteiger partial charge in [-0.3, -0.25) is 0 Å². The summed E-state index contributed by atoms with van der Waals surface area (Å²) in [5, 5.41) is 6.84. The molecule has 0 aliphatic heterocycles. The molecule has 0 bridgehead atoms. The van der Waals surface area contributed by atoms with Gasteiger partial charge in [0.1, 0.15) is 6.33 Å². The van der Waals surface area contributed by atoms with Gasteiger partial charge in [-0.15, -0.1) is 5.10 Å². The Morgan fingerprint density at radius 3 is 2.67 bits per heavy atom. The van der Waals surface area contributed by atoms with E-state index in [4.69, 9.17) is 0 Å². The third-order valence-electron chi connectivity index (χ3n) is 1.82. The van der Waals surface area contributed by atoms with Crippen LogP contribution in [0.15, 0.2) is 16.1 Å². The molecule has 0 saturated heterocycles. The summed E-state index contributed by atoms with van der Waals surface area (Å²) in [6, 6.07) is 0. The van der Waals surface area contributed by atoms with Crippen molar-refractivity contribution in [1.29, 1.82) is 0 Å². The standard InChI is InChI=1S/C6H7N5O3S/c1-10-6(12)11-3-7-5(15(2,13)14)4(11)8-9-10/h3H,1-2H3. The van der Waals surface area contributed by atoms with Crippen molar-refractivity contribution in [2.45, 2.75) is 5.03 Å². The van der Waals surface area contributed by atoms with Gasteiger partial charge >= 0.3 is 5.69 Å². The summed E-state index contributed by atoms with van der Waals surface area (Å²) in [4.78, 5) is 15.1. The lowest BCUT2D eigenvalue weighted by molar-refractivity contribution is 0.594. The lowest BCUT2D eigenvalue weighted by Gasteiger charge is -1.96. The minimum absolute atomic E-state index is 0.0550. The molecule has 0 aliphatic rings. The zero-order valence-electron chi connectivity index (χ0n) is 7.95. The number of hydrogen-bond acceptors (Lipinski definition) is 6. The summed E-state index contributed by atoms with van der Waals surface area (Å²) in [6.45, 7) is 0. The van der Waals surface area contributed by atoms with E-state index in [9.17, 15) is 13.2 Å². The second kappa shape index (κ2) is 2.86. The van der Waals surface area contributed by atoms with E-state index < -0.39 is 15.5 Å². The molecule has 0 spiro atoms. The smallest absolute Gasteiger partial charge is 0.245 e. The summed E-state index contributed by atoms with van der Waals surface area (Å²) in [5.74, 6) is 0. The van der Waals surface area contributed by atoms with E-state index in [1.165, 1.54) is 7.05 Å². The van der Waals surface area contributed by atoms with Crippen molar-refractivity contribution < 1.29 is 8.42 Å². The average molecular weight is 229 g/mol. The fourth-order valence-electron chi connectivity index (χ4n) is 1.12. The Bertz CT molecular complexity index is 682. The number of sulfone groups is 1. The highest BCUT2D eigenvalue weighted by Gasteiger charge is 2.18. The molecule has 15 heavy (non-hydrogen) atoms. The average Bonchev–Trinajstić information content (AvgIpc) is 2.54. The van der Waals surface area contributed by atoms with Crippen LogP contribution in [0.3, 0.4) is 0 Å². The van der Waals surface area contributed by atoms with Crippen molar-refractivity contribution >= 4 is 15.5 Å². The fraction of sp³-hybridized carbons (Fsp3) is 0.333. The zero-order valence-corrected chi connectivity index (χ0v) is 8.76. The van der Waals surface area contributed by atoms with Crippen LogP contribution < -0.4 is 5.69 Å². The van der Waals surface area contributed by atoms with E-state index in [1.807, 2.05) is 0 Å². The molecule has 80 valence electrons. The number of hydrogen-bond donors (Lipinski definition) is 0. The van der Waals surface area contributed by atoms with Crippen molar-refractivity contribution in [2.24, 2.45) is 7.05 Å². The Hall–Kier alpha value is -1.77. The van der Waals surface area contributed by atoms with Crippen molar-refractivity contribution in [2.75, 3.05) is 6.26 Å². The van der Waals surface area contributed by atoms with E-state index in [1.54, 1.807) is 0 Å². The molecule has 9 heteroatoms. The molecule has 0 N–H and O–H groups in total. The Balaban J connectivity index is 2.97. The van der Waals surface area contributed by atoms with Crippen molar-refractivity contribution in [3.8, 4) is 0 Å². The number of fused-ring (bicyclic) bond motifs is 1. The Morgan fingerprint density at radius 1 is 1.40 bits per heavy atom. The molecule has 0 atom stereocenters. The van der Waals surface area contributed by atoms with E-state index >= 15 is 0 Å².